The Bertz CT molecular complexity index is 237. The molecule has 11 heavy (non-hydrogen) atoms. The summed E-state index contributed by atoms with van der Waals surface area (Å²) in [5, 5.41) is 2.54. The highest BCUT2D eigenvalue weighted by atomic mass is 79.9. The quantitative estimate of drug-likeness (QED) is 0.764. The number of carbonyl (C=O) groups is 1. The van der Waals surface area contributed by atoms with E-state index >= 15 is 0 Å². The average Bonchev–Trinajstić information content (AvgIpc) is 2.06. The molecule has 1 rings (SSSR count). The van der Waals surface area contributed by atoms with Gasteiger partial charge < -0.3 is 5.32 Å². The van der Waals surface area contributed by atoms with Crippen LogP contribution in [0.1, 0.15) is 0 Å². The third kappa shape index (κ3) is 2.59. The number of nitrogens with zero attached hydrogens (tertiary/aromatic N) is 1. The van der Waals surface area contributed by atoms with Crippen molar-refractivity contribution in [2.24, 2.45) is 0 Å². The summed E-state index contributed by atoms with van der Waals surface area (Å²) in [7, 11) is 0. The van der Waals surface area contributed by atoms with E-state index in [9.17, 15) is 4.79 Å². The van der Waals surface area contributed by atoms with Crippen LogP contribution in [0.25, 0.3) is 0 Å². The Kier molecular flexibility index (Phi) is 2.92. The number of urea groups is 1. The molecule has 0 aliphatic rings. The molecular formula is C7H6BrN2O. The first-order valence-corrected chi connectivity index (χ1v) is 3.72. The summed E-state index contributed by atoms with van der Waals surface area (Å²) in [5.74, 6) is 0. The average molecular weight is 214 g/mol. The first kappa shape index (κ1) is 8.07. The summed E-state index contributed by atoms with van der Waals surface area (Å²) in [6.07, 6.45) is 0. The Morgan fingerprint density at radius 2 is 2.00 bits per heavy atom. The monoisotopic (exact) mass is 213 g/mol. The standard InChI is InChI=1S/C7H6BrN2O/c8-10-7(11)9-6-4-2-1-3-5-6/h1-5H,(H,9,11). The van der Waals surface area contributed by atoms with E-state index in [0.717, 1.165) is 5.69 Å². The fraction of sp³-hybridized carbons (Fsp3) is 0. The van der Waals surface area contributed by atoms with E-state index in [4.69, 9.17) is 0 Å². The van der Waals surface area contributed by atoms with E-state index in [1.54, 1.807) is 12.1 Å². The van der Waals surface area contributed by atoms with Crippen LogP contribution in [0.3, 0.4) is 0 Å². The summed E-state index contributed by atoms with van der Waals surface area (Å²) in [5.41, 5.74) is 0.737. The molecule has 0 saturated heterocycles. The van der Waals surface area contributed by atoms with Gasteiger partial charge in [0.1, 0.15) is 0 Å². The van der Waals surface area contributed by atoms with Gasteiger partial charge in [-0.15, -0.1) is 0 Å². The lowest BCUT2D eigenvalue weighted by atomic mass is 10.3. The number of hydrogen-bond donors (Lipinski definition) is 1. The summed E-state index contributed by atoms with van der Waals surface area (Å²) in [6.45, 7) is 0. The van der Waals surface area contributed by atoms with Crippen molar-refractivity contribution >= 4 is 27.9 Å². The molecule has 3 nitrogen and oxygen atoms in total. The first-order chi connectivity index (χ1) is 5.33. The molecule has 0 aromatic heterocycles. The van der Waals surface area contributed by atoms with Crippen molar-refractivity contribution in [2.75, 3.05) is 5.32 Å². The zero-order valence-electron chi connectivity index (χ0n) is 5.62. The second-order valence-corrected chi connectivity index (χ2v) is 2.24. The number of nitrogens with one attached hydrogen (secondary N) is 1. The summed E-state index contributed by atoms with van der Waals surface area (Å²) >= 11 is 2.69. The van der Waals surface area contributed by atoms with Gasteiger partial charge in [-0.05, 0) is 12.1 Å². The van der Waals surface area contributed by atoms with Crippen molar-refractivity contribution in [1.29, 1.82) is 0 Å². The topological polar surface area (TPSA) is 43.2 Å². The first-order valence-electron chi connectivity index (χ1n) is 3.01. The molecule has 0 atom stereocenters. The Balaban J connectivity index is 2.58. The van der Waals surface area contributed by atoms with E-state index in [0.29, 0.717) is 0 Å². The van der Waals surface area contributed by atoms with Crippen molar-refractivity contribution in [3.05, 3.63) is 30.3 Å². The Morgan fingerprint density at radius 3 is 2.55 bits per heavy atom. The van der Waals surface area contributed by atoms with E-state index in [1.165, 1.54) is 0 Å². The molecule has 0 spiro atoms. The third-order valence-electron chi connectivity index (χ3n) is 1.10. The smallest absolute Gasteiger partial charge is 0.306 e. The molecule has 0 aliphatic heterocycles. The zero-order chi connectivity index (χ0) is 8.10. The number of anilines is 1. The molecule has 1 aromatic carbocycles. The van der Waals surface area contributed by atoms with E-state index in [-0.39, 0.29) is 0 Å². The van der Waals surface area contributed by atoms with Gasteiger partial charge in [0.15, 0.2) is 0 Å². The van der Waals surface area contributed by atoms with Gasteiger partial charge in [0, 0.05) is 5.69 Å². The van der Waals surface area contributed by atoms with Crippen LogP contribution in [-0.4, -0.2) is 6.03 Å². The molecule has 1 radical (unpaired) electrons. The Morgan fingerprint density at radius 1 is 1.36 bits per heavy atom. The van der Waals surface area contributed by atoms with Crippen LogP contribution in [0, 0.1) is 0 Å². The highest BCUT2D eigenvalue weighted by Crippen LogP contribution is 2.04. The zero-order valence-corrected chi connectivity index (χ0v) is 7.21. The molecule has 1 N–H and O–H groups in total. The fourth-order valence-corrected chi connectivity index (χ4v) is 0.755. The highest BCUT2D eigenvalue weighted by molar-refractivity contribution is 9.08. The largest absolute Gasteiger partial charge is 0.352 e. The van der Waals surface area contributed by atoms with E-state index < -0.39 is 6.03 Å². The lowest BCUT2D eigenvalue weighted by Crippen LogP contribution is -2.14. The minimum Gasteiger partial charge on any atom is -0.306 e. The Hall–Kier alpha value is -1.03. The van der Waals surface area contributed by atoms with Crippen molar-refractivity contribution in [1.82, 2.24) is 4.34 Å². The third-order valence-corrected chi connectivity index (χ3v) is 1.42. The number of halogens is 1. The number of para-hydroxylation sites is 1. The van der Waals surface area contributed by atoms with E-state index in [1.807, 2.05) is 18.2 Å². The van der Waals surface area contributed by atoms with Crippen LogP contribution in [0.5, 0.6) is 0 Å². The van der Waals surface area contributed by atoms with Crippen LogP contribution in [0.2, 0.25) is 0 Å². The van der Waals surface area contributed by atoms with Gasteiger partial charge in [-0.2, -0.15) is 4.34 Å². The predicted octanol–water partition coefficient (Wildman–Crippen LogP) is 2.13. The van der Waals surface area contributed by atoms with Crippen LogP contribution >= 0.6 is 16.1 Å². The molecule has 0 aliphatic carbocycles. The van der Waals surface area contributed by atoms with Crippen LogP contribution < -0.4 is 9.66 Å². The molecule has 4 heteroatoms. The maximum Gasteiger partial charge on any atom is 0.352 e. The lowest BCUT2D eigenvalue weighted by molar-refractivity contribution is 0.257. The second-order valence-electron chi connectivity index (χ2n) is 1.88. The lowest BCUT2D eigenvalue weighted by Gasteiger charge is -1.99. The second kappa shape index (κ2) is 3.98. The minimum absolute atomic E-state index is 0.406. The molecule has 0 fully saturated rings. The molecular weight excluding hydrogens is 208 g/mol. The highest BCUT2D eigenvalue weighted by Gasteiger charge is 1.97. The van der Waals surface area contributed by atoms with Gasteiger partial charge in [-0.3, -0.25) is 0 Å². The molecule has 1 aromatic rings. The van der Waals surface area contributed by atoms with Gasteiger partial charge in [-0.1, -0.05) is 18.2 Å². The summed E-state index contributed by atoms with van der Waals surface area (Å²) in [4.78, 5) is 10.7. The number of benzene rings is 1. The fourth-order valence-electron chi connectivity index (χ4n) is 0.666. The normalized spacial score (nSPS) is 8.82. The molecule has 0 bridgehead atoms. The summed E-state index contributed by atoms with van der Waals surface area (Å²) in [6, 6.07) is 8.72. The number of hydrogen-bond acceptors (Lipinski definition) is 1. The summed E-state index contributed by atoms with van der Waals surface area (Å²) < 4.78 is 3.25. The van der Waals surface area contributed by atoms with E-state index in [2.05, 4.69) is 25.8 Å². The van der Waals surface area contributed by atoms with Crippen molar-refractivity contribution in [2.45, 2.75) is 0 Å². The predicted molar refractivity (Wildman–Crippen MR) is 46.5 cm³/mol. The molecule has 0 unspecified atom stereocenters. The molecule has 0 saturated carbocycles. The maximum atomic E-state index is 10.7. The van der Waals surface area contributed by atoms with Crippen LogP contribution in [0.4, 0.5) is 10.5 Å². The maximum absolute atomic E-state index is 10.7. The van der Waals surface area contributed by atoms with Gasteiger partial charge >= 0.3 is 6.03 Å². The minimum atomic E-state index is -0.406. The SMILES string of the molecule is O=C([N]Br)Nc1ccccc1. The number of amides is 2. The number of rotatable bonds is 1. The van der Waals surface area contributed by atoms with Gasteiger partial charge in [0.05, 0.1) is 16.1 Å². The van der Waals surface area contributed by atoms with Crippen molar-refractivity contribution in [3.8, 4) is 0 Å². The van der Waals surface area contributed by atoms with Gasteiger partial charge in [0.2, 0.25) is 0 Å². The van der Waals surface area contributed by atoms with Crippen LogP contribution in [-0.2, 0) is 0 Å². The number of carbonyl (C=O) groups excluding carboxylic acids is 1. The Labute approximate surface area is 73.1 Å². The van der Waals surface area contributed by atoms with Crippen LogP contribution in [0.15, 0.2) is 30.3 Å². The molecule has 2 amide bonds. The molecule has 0 heterocycles. The van der Waals surface area contributed by atoms with Crippen molar-refractivity contribution < 1.29 is 4.79 Å². The van der Waals surface area contributed by atoms with Crippen molar-refractivity contribution in [3.63, 3.8) is 0 Å². The van der Waals surface area contributed by atoms with Gasteiger partial charge in [0.25, 0.3) is 0 Å². The molecule has 57 valence electrons. The van der Waals surface area contributed by atoms with Gasteiger partial charge in [-0.25, -0.2) is 4.79 Å².